The summed E-state index contributed by atoms with van der Waals surface area (Å²) in [5.74, 6) is -0.885. The molecule has 0 saturated carbocycles. The lowest BCUT2D eigenvalue weighted by molar-refractivity contribution is -0.137. The number of benzene rings is 2. The molecule has 0 bridgehead atoms. The number of anilines is 2. The Morgan fingerprint density at radius 3 is 2.52 bits per heavy atom. The van der Waals surface area contributed by atoms with Crippen molar-refractivity contribution in [1.82, 2.24) is 0 Å². The summed E-state index contributed by atoms with van der Waals surface area (Å²) in [7, 11) is 0. The zero-order chi connectivity index (χ0) is 21.6. The first kappa shape index (κ1) is 21.3. The lowest BCUT2D eigenvalue weighted by atomic mass is 10.0. The van der Waals surface area contributed by atoms with Gasteiger partial charge in [0.25, 0.3) is 5.91 Å². The number of amides is 2. The molecule has 5 nitrogen and oxygen atoms in total. The highest BCUT2D eigenvalue weighted by atomic mass is 35.5. The number of carbonyl (C=O) groups excluding carboxylic acids is 2. The molecule has 2 aromatic rings. The van der Waals surface area contributed by atoms with Gasteiger partial charge in [-0.05, 0) is 50.2 Å². The van der Waals surface area contributed by atoms with E-state index in [1.165, 1.54) is 11.0 Å². The second-order valence-electron chi connectivity index (χ2n) is 6.86. The molecule has 0 atom stereocenters. The molecule has 0 aliphatic carbocycles. The fourth-order valence-electron chi connectivity index (χ4n) is 2.83. The smallest absolute Gasteiger partial charge is 0.416 e. The number of rotatable bonds is 3. The van der Waals surface area contributed by atoms with Crippen molar-refractivity contribution in [3.8, 4) is 5.75 Å². The van der Waals surface area contributed by atoms with Crippen molar-refractivity contribution < 1.29 is 27.5 Å². The summed E-state index contributed by atoms with van der Waals surface area (Å²) >= 11 is 11.9. The SMILES string of the molecule is CC1(C)Oc2ccc(Cl)cc2N(CC(=O)Nc2cc(C(F)(F)F)ccc2Cl)C1=O. The highest BCUT2D eigenvalue weighted by molar-refractivity contribution is 6.33. The molecule has 10 heteroatoms. The third kappa shape index (κ3) is 4.43. The molecule has 0 saturated heterocycles. The van der Waals surface area contributed by atoms with Gasteiger partial charge in [-0.25, -0.2) is 0 Å². The van der Waals surface area contributed by atoms with Gasteiger partial charge in [-0.2, -0.15) is 13.2 Å². The normalized spacial score (nSPS) is 15.6. The van der Waals surface area contributed by atoms with Crippen LogP contribution in [0.5, 0.6) is 5.75 Å². The quantitative estimate of drug-likeness (QED) is 0.708. The molecular formula is C19H15Cl2F3N2O3. The third-order valence-corrected chi connectivity index (χ3v) is 4.77. The minimum atomic E-state index is -4.59. The van der Waals surface area contributed by atoms with Gasteiger partial charge in [0, 0.05) is 5.02 Å². The summed E-state index contributed by atoms with van der Waals surface area (Å²) in [5, 5.41) is 2.58. The van der Waals surface area contributed by atoms with E-state index in [9.17, 15) is 22.8 Å². The maximum atomic E-state index is 12.9. The van der Waals surface area contributed by atoms with Gasteiger partial charge < -0.3 is 10.1 Å². The first-order chi connectivity index (χ1) is 13.4. The van der Waals surface area contributed by atoms with E-state index in [2.05, 4.69) is 5.32 Å². The first-order valence-corrected chi connectivity index (χ1v) is 9.11. The van der Waals surface area contributed by atoms with E-state index in [0.29, 0.717) is 10.8 Å². The molecule has 154 valence electrons. The van der Waals surface area contributed by atoms with Crippen molar-refractivity contribution in [3.63, 3.8) is 0 Å². The molecule has 2 aromatic carbocycles. The van der Waals surface area contributed by atoms with Crippen molar-refractivity contribution in [1.29, 1.82) is 0 Å². The number of fused-ring (bicyclic) bond motifs is 1. The average Bonchev–Trinajstić information content (AvgIpc) is 2.60. The van der Waals surface area contributed by atoms with Gasteiger partial charge in [-0.3, -0.25) is 14.5 Å². The predicted molar refractivity (Wildman–Crippen MR) is 104 cm³/mol. The molecule has 29 heavy (non-hydrogen) atoms. The zero-order valence-electron chi connectivity index (χ0n) is 15.2. The molecular weight excluding hydrogens is 432 g/mol. The fraction of sp³-hybridized carbons (Fsp3) is 0.263. The topological polar surface area (TPSA) is 58.6 Å². The number of carbonyl (C=O) groups is 2. The van der Waals surface area contributed by atoms with Crippen LogP contribution in [0, 0.1) is 0 Å². The molecule has 1 N–H and O–H groups in total. The van der Waals surface area contributed by atoms with Crippen molar-refractivity contribution in [2.75, 3.05) is 16.8 Å². The third-order valence-electron chi connectivity index (χ3n) is 4.21. The summed E-state index contributed by atoms with van der Waals surface area (Å²) in [6, 6.07) is 7.19. The van der Waals surface area contributed by atoms with Gasteiger partial charge in [-0.15, -0.1) is 0 Å². The average molecular weight is 447 g/mol. The van der Waals surface area contributed by atoms with Crippen molar-refractivity contribution in [2.45, 2.75) is 25.6 Å². The Hall–Kier alpha value is -2.45. The van der Waals surface area contributed by atoms with E-state index in [1.807, 2.05) is 0 Å². The molecule has 0 radical (unpaired) electrons. The molecule has 2 amide bonds. The second-order valence-corrected chi connectivity index (χ2v) is 7.70. The van der Waals surface area contributed by atoms with Crippen LogP contribution in [0.25, 0.3) is 0 Å². The summed E-state index contributed by atoms with van der Waals surface area (Å²) in [6.07, 6.45) is -4.59. The molecule has 0 spiro atoms. The predicted octanol–water partition coefficient (Wildman–Crippen LogP) is 5.15. The molecule has 0 unspecified atom stereocenters. The van der Waals surface area contributed by atoms with Crippen LogP contribution in [0.2, 0.25) is 10.0 Å². The Bertz CT molecular complexity index is 993. The van der Waals surface area contributed by atoms with Gasteiger partial charge >= 0.3 is 6.18 Å². The largest absolute Gasteiger partial charge is 0.476 e. The first-order valence-electron chi connectivity index (χ1n) is 8.35. The van der Waals surface area contributed by atoms with Crippen LogP contribution in [0.3, 0.4) is 0 Å². The van der Waals surface area contributed by atoms with Gasteiger partial charge in [0.05, 0.1) is 22.0 Å². The standard InChI is InChI=1S/C19H15Cl2F3N2O3/c1-18(2)17(28)26(14-8-11(20)4-6-15(14)29-18)9-16(27)25-13-7-10(19(22,23)24)3-5-12(13)21/h3-8H,9H2,1-2H3,(H,25,27). The Morgan fingerprint density at radius 1 is 1.17 bits per heavy atom. The minimum absolute atomic E-state index is 0.0663. The number of halogens is 5. The van der Waals surface area contributed by atoms with E-state index in [1.54, 1.807) is 26.0 Å². The summed E-state index contributed by atoms with van der Waals surface area (Å²) < 4.78 is 44.4. The maximum absolute atomic E-state index is 12.9. The number of nitrogens with one attached hydrogen (secondary N) is 1. The number of alkyl halides is 3. The Balaban J connectivity index is 1.88. The molecule has 0 aromatic heterocycles. The van der Waals surface area contributed by atoms with Gasteiger partial charge in [0.15, 0.2) is 5.60 Å². The Labute approximate surface area is 174 Å². The fourth-order valence-corrected chi connectivity index (χ4v) is 3.16. The minimum Gasteiger partial charge on any atom is -0.476 e. The van der Waals surface area contributed by atoms with E-state index in [-0.39, 0.29) is 16.4 Å². The lowest BCUT2D eigenvalue weighted by Gasteiger charge is -2.38. The molecule has 1 aliphatic heterocycles. The second kappa shape index (κ2) is 7.42. The van der Waals surface area contributed by atoms with E-state index in [4.69, 9.17) is 27.9 Å². The van der Waals surface area contributed by atoms with Crippen LogP contribution in [-0.2, 0) is 15.8 Å². The number of hydrogen-bond acceptors (Lipinski definition) is 3. The maximum Gasteiger partial charge on any atom is 0.416 e. The Kier molecular flexibility index (Phi) is 5.44. The van der Waals surface area contributed by atoms with E-state index >= 15 is 0 Å². The number of ether oxygens (including phenoxy) is 1. The van der Waals surface area contributed by atoms with Gasteiger partial charge in [-0.1, -0.05) is 23.2 Å². The van der Waals surface area contributed by atoms with Crippen molar-refractivity contribution in [3.05, 3.63) is 52.0 Å². The monoisotopic (exact) mass is 446 g/mol. The lowest BCUT2D eigenvalue weighted by Crippen LogP contribution is -2.54. The summed E-state index contributed by atoms with van der Waals surface area (Å²) in [5.41, 5.74) is -2.13. The van der Waals surface area contributed by atoms with E-state index in [0.717, 1.165) is 18.2 Å². The molecule has 1 aliphatic rings. The highest BCUT2D eigenvalue weighted by Crippen LogP contribution is 2.39. The van der Waals surface area contributed by atoms with Crippen LogP contribution >= 0.6 is 23.2 Å². The van der Waals surface area contributed by atoms with Crippen LogP contribution < -0.4 is 15.0 Å². The number of nitrogens with zero attached hydrogens (tertiary/aromatic N) is 1. The van der Waals surface area contributed by atoms with Crippen molar-refractivity contribution >= 4 is 46.4 Å². The van der Waals surface area contributed by atoms with Crippen LogP contribution in [0.1, 0.15) is 19.4 Å². The van der Waals surface area contributed by atoms with Crippen LogP contribution in [0.4, 0.5) is 24.5 Å². The van der Waals surface area contributed by atoms with Gasteiger partial charge in [0.1, 0.15) is 12.3 Å². The molecule has 0 fully saturated rings. The van der Waals surface area contributed by atoms with Gasteiger partial charge in [0.2, 0.25) is 5.91 Å². The van der Waals surface area contributed by atoms with Crippen LogP contribution in [-0.4, -0.2) is 24.0 Å². The molecule has 3 rings (SSSR count). The summed E-state index contributed by atoms with van der Waals surface area (Å²) in [4.78, 5) is 26.5. The summed E-state index contributed by atoms with van der Waals surface area (Å²) in [6.45, 7) is 2.62. The van der Waals surface area contributed by atoms with Crippen LogP contribution in [0.15, 0.2) is 36.4 Å². The van der Waals surface area contributed by atoms with Crippen molar-refractivity contribution in [2.24, 2.45) is 0 Å². The highest BCUT2D eigenvalue weighted by Gasteiger charge is 2.41. The Morgan fingerprint density at radius 2 is 1.86 bits per heavy atom. The zero-order valence-corrected chi connectivity index (χ0v) is 16.7. The van der Waals surface area contributed by atoms with E-state index < -0.39 is 35.7 Å². The number of hydrogen-bond donors (Lipinski definition) is 1. The molecule has 1 heterocycles.